The third-order valence-corrected chi connectivity index (χ3v) is 5.92. The number of hydrogen-bond acceptors (Lipinski definition) is 5. The van der Waals surface area contributed by atoms with Crippen molar-refractivity contribution in [2.75, 3.05) is 32.4 Å². The molecule has 2 N–H and O–H groups in total. The molecular formula is C16H24N2O2S2. The van der Waals surface area contributed by atoms with Crippen LogP contribution >= 0.6 is 24.0 Å². The lowest BCUT2D eigenvalue weighted by molar-refractivity contribution is 0.177. The quantitative estimate of drug-likeness (QED) is 0.638. The number of phenolic OH excluding ortho intramolecular Hbond substituents is 2. The van der Waals surface area contributed by atoms with Gasteiger partial charge < -0.3 is 15.1 Å². The molecule has 4 nitrogen and oxygen atoms in total. The minimum atomic E-state index is 0.299. The standard InChI is InChI=1S/C16H24N2O2S2/c1-10-11(2)15(20)13(12(3)14(10)19)9-17-5-7-18(8-6-17)16(21)22-4/h19-20H,5-9H2,1-4H3. The molecule has 1 fully saturated rings. The topological polar surface area (TPSA) is 46.9 Å². The van der Waals surface area contributed by atoms with E-state index >= 15 is 0 Å². The van der Waals surface area contributed by atoms with Gasteiger partial charge in [-0.25, -0.2) is 0 Å². The lowest BCUT2D eigenvalue weighted by Gasteiger charge is -2.36. The van der Waals surface area contributed by atoms with Crippen LogP contribution in [0.5, 0.6) is 11.5 Å². The van der Waals surface area contributed by atoms with Gasteiger partial charge in [0.25, 0.3) is 0 Å². The molecule has 1 aromatic rings. The Hall–Kier alpha value is -0.980. The van der Waals surface area contributed by atoms with E-state index in [0.29, 0.717) is 18.0 Å². The molecule has 1 aromatic carbocycles. The van der Waals surface area contributed by atoms with Gasteiger partial charge in [0, 0.05) is 38.3 Å². The Kier molecular flexibility index (Phi) is 5.58. The van der Waals surface area contributed by atoms with E-state index in [1.165, 1.54) is 0 Å². The molecule has 1 aliphatic heterocycles. The molecule has 1 heterocycles. The van der Waals surface area contributed by atoms with E-state index in [2.05, 4.69) is 9.80 Å². The van der Waals surface area contributed by atoms with E-state index in [9.17, 15) is 10.2 Å². The van der Waals surface area contributed by atoms with E-state index in [-0.39, 0.29) is 0 Å². The van der Waals surface area contributed by atoms with E-state index < -0.39 is 0 Å². The first kappa shape index (κ1) is 17.4. The number of hydrogen-bond donors (Lipinski definition) is 2. The van der Waals surface area contributed by atoms with Crippen LogP contribution in [0.4, 0.5) is 0 Å². The van der Waals surface area contributed by atoms with Crippen molar-refractivity contribution >= 4 is 28.3 Å². The first-order chi connectivity index (χ1) is 10.4. The highest BCUT2D eigenvalue weighted by Gasteiger charge is 2.22. The molecule has 0 bridgehead atoms. The van der Waals surface area contributed by atoms with Crippen LogP contribution in [0.1, 0.15) is 22.3 Å². The summed E-state index contributed by atoms with van der Waals surface area (Å²) in [6, 6.07) is 0. The lowest BCUT2D eigenvalue weighted by Crippen LogP contribution is -2.47. The van der Waals surface area contributed by atoms with Gasteiger partial charge in [0.1, 0.15) is 15.8 Å². The maximum Gasteiger partial charge on any atom is 0.136 e. The zero-order valence-corrected chi connectivity index (χ0v) is 15.3. The van der Waals surface area contributed by atoms with Gasteiger partial charge in [-0.15, -0.1) is 11.8 Å². The first-order valence-electron chi connectivity index (χ1n) is 7.42. The van der Waals surface area contributed by atoms with E-state index in [1.807, 2.05) is 27.0 Å². The Morgan fingerprint density at radius 3 is 2.09 bits per heavy atom. The number of nitrogens with zero attached hydrogens (tertiary/aromatic N) is 2. The summed E-state index contributed by atoms with van der Waals surface area (Å²) in [6.45, 7) is 9.86. The van der Waals surface area contributed by atoms with Gasteiger partial charge >= 0.3 is 0 Å². The van der Waals surface area contributed by atoms with Crippen molar-refractivity contribution in [2.24, 2.45) is 0 Å². The van der Waals surface area contributed by atoms with Crippen molar-refractivity contribution in [2.45, 2.75) is 27.3 Å². The van der Waals surface area contributed by atoms with Crippen molar-refractivity contribution in [1.29, 1.82) is 0 Å². The normalized spacial score (nSPS) is 16.1. The number of thioether (sulfide) groups is 1. The van der Waals surface area contributed by atoms with Crippen LogP contribution in [0.3, 0.4) is 0 Å². The second-order valence-corrected chi connectivity index (χ2v) is 7.22. The molecule has 0 unspecified atom stereocenters. The third kappa shape index (κ3) is 3.34. The summed E-state index contributed by atoms with van der Waals surface area (Å²) in [4.78, 5) is 4.52. The van der Waals surface area contributed by atoms with Crippen molar-refractivity contribution in [3.05, 3.63) is 22.3 Å². The molecule has 0 amide bonds. The molecule has 0 atom stereocenters. The smallest absolute Gasteiger partial charge is 0.136 e. The van der Waals surface area contributed by atoms with Crippen LogP contribution < -0.4 is 0 Å². The molecule has 0 aromatic heterocycles. The summed E-state index contributed by atoms with van der Waals surface area (Å²) in [7, 11) is 0. The first-order valence-corrected chi connectivity index (χ1v) is 9.06. The number of rotatable bonds is 2. The zero-order valence-electron chi connectivity index (χ0n) is 13.6. The molecule has 22 heavy (non-hydrogen) atoms. The van der Waals surface area contributed by atoms with Crippen molar-refractivity contribution in [1.82, 2.24) is 9.80 Å². The minimum Gasteiger partial charge on any atom is -0.507 e. The molecule has 2 rings (SSSR count). The fourth-order valence-corrected chi connectivity index (χ4v) is 3.44. The molecule has 0 saturated carbocycles. The van der Waals surface area contributed by atoms with E-state index in [0.717, 1.165) is 52.8 Å². The molecule has 0 spiro atoms. The Morgan fingerprint density at radius 2 is 1.55 bits per heavy atom. The third-order valence-electron chi connectivity index (χ3n) is 4.55. The maximum atomic E-state index is 10.4. The maximum absolute atomic E-state index is 10.4. The van der Waals surface area contributed by atoms with Gasteiger partial charge in [-0.05, 0) is 43.7 Å². The highest BCUT2D eigenvalue weighted by Crippen LogP contribution is 2.36. The highest BCUT2D eigenvalue weighted by atomic mass is 32.2. The molecule has 0 radical (unpaired) electrons. The number of thiocarbonyl (C=S) groups is 1. The molecule has 122 valence electrons. The summed E-state index contributed by atoms with van der Waals surface area (Å²) in [5, 5.41) is 20.6. The van der Waals surface area contributed by atoms with Crippen LogP contribution in [0.25, 0.3) is 0 Å². The van der Waals surface area contributed by atoms with E-state index in [1.54, 1.807) is 11.8 Å². The largest absolute Gasteiger partial charge is 0.507 e. The summed E-state index contributed by atoms with van der Waals surface area (Å²) in [5.74, 6) is 0.613. The van der Waals surface area contributed by atoms with Gasteiger partial charge in [-0.3, -0.25) is 4.90 Å². The number of phenols is 2. The average Bonchev–Trinajstić information content (AvgIpc) is 2.55. The van der Waals surface area contributed by atoms with E-state index in [4.69, 9.17) is 12.2 Å². The van der Waals surface area contributed by atoms with Gasteiger partial charge in [-0.2, -0.15) is 0 Å². The fourth-order valence-electron chi connectivity index (χ4n) is 2.82. The number of aromatic hydroxyl groups is 2. The monoisotopic (exact) mass is 340 g/mol. The summed E-state index contributed by atoms with van der Waals surface area (Å²) in [6.07, 6.45) is 2.01. The minimum absolute atomic E-state index is 0.299. The van der Waals surface area contributed by atoms with Gasteiger partial charge in [0.2, 0.25) is 0 Å². The lowest BCUT2D eigenvalue weighted by atomic mass is 9.97. The van der Waals surface area contributed by atoms with Crippen LogP contribution in [0.15, 0.2) is 0 Å². The highest BCUT2D eigenvalue weighted by molar-refractivity contribution is 8.22. The summed E-state index contributed by atoms with van der Waals surface area (Å²) >= 11 is 6.94. The number of piperazine rings is 1. The van der Waals surface area contributed by atoms with Crippen molar-refractivity contribution in [3.8, 4) is 11.5 Å². The Labute approximate surface area is 142 Å². The zero-order chi connectivity index (χ0) is 16.4. The Morgan fingerprint density at radius 1 is 1.00 bits per heavy atom. The SMILES string of the molecule is CSC(=S)N1CCN(Cc2c(C)c(O)c(C)c(C)c2O)CC1. The molecule has 0 aliphatic carbocycles. The number of benzene rings is 1. The second-order valence-electron chi connectivity index (χ2n) is 5.78. The average molecular weight is 341 g/mol. The molecule has 1 saturated heterocycles. The van der Waals surface area contributed by atoms with Crippen LogP contribution in [0, 0.1) is 20.8 Å². The van der Waals surface area contributed by atoms with Gasteiger partial charge in [0.05, 0.1) is 0 Å². The molecule has 6 heteroatoms. The van der Waals surface area contributed by atoms with Crippen molar-refractivity contribution in [3.63, 3.8) is 0 Å². The van der Waals surface area contributed by atoms with Gasteiger partial charge in [0.15, 0.2) is 0 Å². The molecule has 1 aliphatic rings. The predicted molar refractivity (Wildman–Crippen MR) is 96.9 cm³/mol. The van der Waals surface area contributed by atoms with Crippen LogP contribution in [0.2, 0.25) is 0 Å². The van der Waals surface area contributed by atoms with Gasteiger partial charge in [-0.1, -0.05) is 12.2 Å². The second kappa shape index (κ2) is 7.06. The fraction of sp³-hybridized carbons (Fsp3) is 0.562. The van der Waals surface area contributed by atoms with Crippen molar-refractivity contribution < 1.29 is 10.2 Å². The molecular weight excluding hydrogens is 316 g/mol. The summed E-state index contributed by atoms with van der Waals surface area (Å²) < 4.78 is 0.947. The Balaban J connectivity index is 2.12. The Bertz CT molecular complexity index is 553. The van der Waals surface area contributed by atoms with Crippen LogP contribution in [-0.2, 0) is 6.54 Å². The predicted octanol–water partition coefficient (Wildman–Crippen LogP) is 2.79. The summed E-state index contributed by atoms with van der Waals surface area (Å²) in [5.41, 5.74) is 3.14. The van der Waals surface area contributed by atoms with Crippen LogP contribution in [-0.4, -0.2) is 56.8 Å².